The van der Waals surface area contributed by atoms with Gasteiger partial charge in [0, 0.05) is 26.2 Å². The number of hydrogen-bond donors (Lipinski definition) is 1. The van der Waals surface area contributed by atoms with E-state index in [-0.39, 0.29) is 18.2 Å². The summed E-state index contributed by atoms with van der Waals surface area (Å²) in [6.45, 7) is 6.09. The molecule has 3 rings (SSSR count). The van der Waals surface area contributed by atoms with Crippen molar-refractivity contribution >= 4 is 11.8 Å². The fraction of sp³-hybridized carbons (Fsp3) is 0.625. The number of furan rings is 1. The number of hydrogen-bond acceptors (Lipinski definition) is 5. The molecule has 23 heavy (non-hydrogen) atoms. The van der Waals surface area contributed by atoms with Crippen LogP contribution in [0.15, 0.2) is 16.5 Å². The van der Waals surface area contributed by atoms with Gasteiger partial charge in [-0.1, -0.05) is 0 Å². The zero-order valence-corrected chi connectivity index (χ0v) is 13.4. The Morgan fingerprint density at radius 1 is 1.30 bits per heavy atom. The third-order valence-electron chi connectivity index (χ3n) is 4.33. The molecule has 7 heteroatoms. The Hall–Kier alpha value is -1.86. The summed E-state index contributed by atoms with van der Waals surface area (Å²) in [4.78, 5) is 28.5. The molecule has 2 aliphatic rings. The van der Waals surface area contributed by atoms with Crippen molar-refractivity contribution in [3.8, 4) is 0 Å². The summed E-state index contributed by atoms with van der Waals surface area (Å²) >= 11 is 0. The molecule has 7 nitrogen and oxygen atoms in total. The fourth-order valence-electron chi connectivity index (χ4n) is 3.05. The second kappa shape index (κ2) is 7.14. The highest BCUT2D eigenvalue weighted by atomic mass is 16.5. The summed E-state index contributed by atoms with van der Waals surface area (Å²) in [5, 5.41) is 2.85. The Morgan fingerprint density at radius 3 is 2.78 bits per heavy atom. The molecular formula is C16H23N3O4. The number of amides is 2. The molecule has 2 amide bonds. The monoisotopic (exact) mass is 321 g/mol. The van der Waals surface area contributed by atoms with E-state index in [4.69, 9.17) is 9.15 Å². The molecule has 3 heterocycles. The molecule has 1 unspecified atom stereocenters. The third kappa shape index (κ3) is 3.92. The number of nitrogens with zero attached hydrogens (tertiary/aromatic N) is 2. The molecule has 2 fully saturated rings. The van der Waals surface area contributed by atoms with Gasteiger partial charge in [0.2, 0.25) is 11.8 Å². The number of aryl methyl sites for hydroxylation is 1. The molecule has 0 bridgehead atoms. The minimum Gasteiger partial charge on any atom is -0.465 e. The van der Waals surface area contributed by atoms with E-state index in [1.807, 2.05) is 24.0 Å². The zero-order valence-electron chi connectivity index (χ0n) is 13.4. The third-order valence-corrected chi connectivity index (χ3v) is 4.33. The Morgan fingerprint density at radius 2 is 2.09 bits per heavy atom. The summed E-state index contributed by atoms with van der Waals surface area (Å²) in [5.41, 5.74) is 0. The topological polar surface area (TPSA) is 75.0 Å². The van der Waals surface area contributed by atoms with Crippen molar-refractivity contribution < 1.29 is 18.7 Å². The highest BCUT2D eigenvalue weighted by Crippen LogP contribution is 2.17. The first-order valence-corrected chi connectivity index (χ1v) is 8.06. The van der Waals surface area contributed by atoms with Crippen LogP contribution in [0.3, 0.4) is 0 Å². The molecule has 1 aromatic heterocycles. The van der Waals surface area contributed by atoms with Crippen LogP contribution in [0.5, 0.6) is 0 Å². The molecule has 0 aromatic carbocycles. The minimum absolute atomic E-state index is 0.0102. The van der Waals surface area contributed by atoms with Crippen molar-refractivity contribution in [2.45, 2.75) is 25.9 Å². The summed E-state index contributed by atoms with van der Waals surface area (Å²) < 4.78 is 10.9. The summed E-state index contributed by atoms with van der Waals surface area (Å²) in [6, 6.07) is 3.39. The minimum atomic E-state index is -0.440. The molecule has 0 radical (unpaired) electrons. The average molecular weight is 321 g/mol. The second-order valence-corrected chi connectivity index (χ2v) is 5.99. The lowest BCUT2D eigenvalue weighted by Gasteiger charge is -2.35. The summed E-state index contributed by atoms with van der Waals surface area (Å²) in [5.74, 6) is 1.60. The first-order valence-electron chi connectivity index (χ1n) is 8.06. The molecule has 2 saturated heterocycles. The lowest BCUT2D eigenvalue weighted by atomic mass is 10.1. The normalized spacial score (nSPS) is 22.9. The quantitative estimate of drug-likeness (QED) is 0.854. The van der Waals surface area contributed by atoms with Gasteiger partial charge in [0.1, 0.15) is 11.5 Å². The number of rotatable bonds is 4. The van der Waals surface area contributed by atoms with E-state index in [1.54, 1.807) is 4.90 Å². The van der Waals surface area contributed by atoms with Crippen molar-refractivity contribution in [3.05, 3.63) is 23.7 Å². The van der Waals surface area contributed by atoms with Crippen LogP contribution >= 0.6 is 0 Å². The molecular weight excluding hydrogens is 298 g/mol. The van der Waals surface area contributed by atoms with Gasteiger partial charge in [0.05, 0.1) is 32.2 Å². The second-order valence-electron chi connectivity index (χ2n) is 5.99. The molecule has 1 N–H and O–H groups in total. The molecule has 0 aliphatic carbocycles. The first kappa shape index (κ1) is 16.0. The van der Waals surface area contributed by atoms with Crippen molar-refractivity contribution in [3.63, 3.8) is 0 Å². The molecule has 0 spiro atoms. The largest absolute Gasteiger partial charge is 0.465 e. The number of carbonyl (C=O) groups excluding carboxylic acids is 2. The van der Waals surface area contributed by atoms with E-state index in [2.05, 4.69) is 5.32 Å². The Kier molecular flexibility index (Phi) is 4.97. The number of morpholine rings is 1. The van der Waals surface area contributed by atoms with Gasteiger partial charge < -0.3 is 19.4 Å². The summed E-state index contributed by atoms with van der Waals surface area (Å²) in [6.07, 6.45) is 0.200. The number of ether oxygens (including phenoxy) is 1. The van der Waals surface area contributed by atoms with Gasteiger partial charge in [-0.3, -0.25) is 14.5 Å². The average Bonchev–Trinajstić information content (AvgIpc) is 2.96. The van der Waals surface area contributed by atoms with Crippen LogP contribution in [0.25, 0.3) is 0 Å². The SMILES string of the molecule is Cc1ccc(CN2CCNC(=O)C2CC(=O)N2CCOCC2)o1. The number of nitrogens with one attached hydrogen (secondary N) is 1. The van der Waals surface area contributed by atoms with Crippen LogP contribution < -0.4 is 5.32 Å². The van der Waals surface area contributed by atoms with Crippen LogP contribution in [-0.2, 0) is 20.9 Å². The smallest absolute Gasteiger partial charge is 0.237 e. The van der Waals surface area contributed by atoms with Gasteiger partial charge in [-0.2, -0.15) is 0 Å². The van der Waals surface area contributed by atoms with Gasteiger partial charge in [-0.25, -0.2) is 0 Å². The van der Waals surface area contributed by atoms with Crippen LogP contribution in [0.4, 0.5) is 0 Å². The lowest BCUT2D eigenvalue weighted by Crippen LogP contribution is -2.56. The highest BCUT2D eigenvalue weighted by molar-refractivity contribution is 5.88. The van der Waals surface area contributed by atoms with Gasteiger partial charge in [0.15, 0.2) is 0 Å². The summed E-state index contributed by atoms with van der Waals surface area (Å²) in [7, 11) is 0. The van der Waals surface area contributed by atoms with E-state index in [1.165, 1.54) is 0 Å². The predicted molar refractivity (Wildman–Crippen MR) is 82.7 cm³/mol. The van der Waals surface area contributed by atoms with Crippen molar-refractivity contribution in [1.82, 2.24) is 15.1 Å². The zero-order chi connectivity index (χ0) is 16.2. The van der Waals surface area contributed by atoms with Crippen LogP contribution in [-0.4, -0.2) is 67.0 Å². The molecule has 1 aromatic rings. The molecule has 126 valence electrons. The Bertz CT molecular complexity index is 565. The van der Waals surface area contributed by atoms with E-state index >= 15 is 0 Å². The predicted octanol–water partition coefficient (Wildman–Crippen LogP) is 0.137. The van der Waals surface area contributed by atoms with Gasteiger partial charge in [-0.05, 0) is 19.1 Å². The Labute approximate surface area is 135 Å². The fourth-order valence-corrected chi connectivity index (χ4v) is 3.05. The lowest BCUT2D eigenvalue weighted by molar-refractivity contribution is -0.141. The van der Waals surface area contributed by atoms with Crippen molar-refractivity contribution in [2.75, 3.05) is 39.4 Å². The van der Waals surface area contributed by atoms with E-state index in [0.29, 0.717) is 45.9 Å². The van der Waals surface area contributed by atoms with Crippen molar-refractivity contribution in [2.24, 2.45) is 0 Å². The standard InChI is InChI=1S/C16H23N3O4/c1-12-2-3-13(23-12)11-19-5-4-17-16(21)14(19)10-15(20)18-6-8-22-9-7-18/h2-3,14H,4-11H2,1H3,(H,17,21). The maximum absolute atomic E-state index is 12.5. The van der Waals surface area contributed by atoms with E-state index in [0.717, 1.165) is 11.5 Å². The van der Waals surface area contributed by atoms with Crippen LogP contribution in [0, 0.1) is 6.92 Å². The van der Waals surface area contributed by atoms with Crippen LogP contribution in [0.1, 0.15) is 17.9 Å². The van der Waals surface area contributed by atoms with E-state index < -0.39 is 6.04 Å². The number of carbonyl (C=O) groups is 2. The molecule has 0 saturated carbocycles. The van der Waals surface area contributed by atoms with Crippen molar-refractivity contribution in [1.29, 1.82) is 0 Å². The maximum atomic E-state index is 12.5. The highest BCUT2D eigenvalue weighted by Gasteiger charge is 2.33. The molecule has 2 aliphatic heterocycles. The Balaban J connectivity index is 1.65. The van der Waals surface area contributed by atoms with Gasteiger partial charge in [-0.15, -0.1) is 0 Å². The van der Waals surface area contributed by atoms with Crippen LogP contribution in [0.2, 0.25) is 0 Å². The maximum Gasteiger partial charge on any atom is 0.237 e. The van der Waals surface area contributed by atoms with Gasteiger partial charge in [0.25, 0.3) is 0 Å². The molecule has 1 atom stereocenters. The van der Waals surface area contributed by atoms with E-state index in [9.17, 15) is 9.59 Å². The van der Waals surface area contributed by atoms with Gasteiger partial charge >= 0.3 is 0 Å². The first-order chi connectivity index (χ1) is 11.1. The number of piperazine rings is 1.